The standard InChI is InChI=1S/C21H31N3O6/c1-21(2,3)30-20(29)24-16(19(28)23-14-18(26)27)11-7-8-12-22-13-17(25)15-9-5-4-6-10-15/h4-6,9-10,16,22H,7-8,11-14H2,1-3H3,(H,23,28)(H,24,29)(H,26,27). The first-order chi connectivity index (χ1) is 14.1. The number of carbonyl (C=O) groups excluding carboxylic acids is 3. The maximum atomic E-state index is 12.2. The number of hydrogen-bond donors (Lipinski definition) is 4. The molecule has 1 rings (SSSR count). The summed E-state index contributed by atoms with van der Waals surface area (Å²) in [7, 11) is 0. The second-order valence-electron chi connectivity index (χ2n) is 7.77. The van der Waals surface area contributed by atoms with Crippen LogP contribution in [-0.4, -0.2) is 60.1 Å². The minimum atomic E-state index is -1.17. The fraction of sp³-hybridized carbons (Fsp3) is 0.524. The van der Waals surface area contributed by atoms with Gasteiger partial charge in [0.05, 0.1) is 6.54 Å². The fourth-order valence-corrected chi connectivity index (χ4v) is 2.53. The minimum absolute atomic E-state index is 0.00637. The summed E-state index contributed by atoms with van der Waals surface area (Å²) in [6, 6.07) is 8.06. The average Bonchev–Trinajstić information content (AvgIpc) is 2.66. The maximum absolute atomic E-state index is 12.2. The van der Waals surface area contributed by atoms with Gasteiger partial charge in [0.15, 0.2) is 5.78 Å². The van der Waals surface area contributed by atoms with Crippen LogP contribution in [0.2, 0.25) is 0 Å². The number of alkyl carbamates (subject to hydrolysis) is 1. The molecule has 0 heterocycles. The van der Waals surface area contributed by atoms with E-state index in [2.05, 4.69) is 16.0 Å². The molecule has 0 aliphatic heterocycles. The first kappa shape index (κ1) is 25.1. The van der Waals surface area contributed by atoms with E-state index in [4.69, 9.17) is 9.84 Å². The Morgan fingerprint density at radius 3 is 2.30 bits per heavy atom. The van der Waals surface area contributed by atoms with Gasteiger partial charge in [-0.2, -0.15) is 0 Å². The molecule has 1 aromatic carbocycles. The molecule has 9 heteroatoms. The highest BCUT2D eigenvalue weighted by Crippen LogP contribution is 2.08. The number of carboxylic acids is 1. The molecule has 0 aliphatic rings. The zero-order valence-electron chi connectivity index (χ0n) is 17.7. The number of carboxylic acid groups (broad SMARTS) is 1. The summed E-state index contributed by atoms with van der Waals surface area (Å²) in [5, 5.41) is 16.5. The number of carbonyl (C=O) groups is 4. The van der Waals surface area contributed by atoms with Crippen molar-refractivity contribution in [1.29, 1.82) is 0 Å². The number of amides is 2. The lowest BCUT2D eigenvalue weighted by molar-refractivity contribution is -0.138. The molecule has 0 saturated carbocycles. The molecule has 0 bridgehead atoms. The molecule has 2 amide bonds. The number of aliphatic carboxylic acids is 1. The van der Waals surface area contributed by atoms with Crippen LogP contribution in [0, 0.1) is 0 Å². The number of unbranched alkanes of at least 4 members (excludes halogenated alkanes) is 1. The van der Waals surface area contributed by atoms with Crippen LogP contribution in [0.1, 0.15) is 50.4 Å². The monoisotopic (exact) mass is 421 g/mol. The Morgan fingerprint density at radius 2 is 1.70 bits per heavy atom. The van der Waals surface area contributed by atoms with Crippen molar-refractivity contribution in [2.75, 3.05) is 19.6 Å². The molecule has 0 spiro atoms. The van der Waals surface area contributed by atoms with Gasteiger partial charge in [0.2, 0.25) is 5.91 Å². The number of rotatable bonds is 12. The Kier molecular flexibility index (Phi) is 10.5. The number of nitrogens with one attached hydrogen (secondary N) is 3. The Morgan fingerprint density at radius 1 is 1.03 bits per heavy atom. The van der Waals surface area contributed by atoms with E-state index in [0.717, 1.165) is 0 Å². The molecule has 1 unspecified atom stereocenters. The molecular weight excluding hydrogens is 390 g/mol. The predicted molar refractivity (Wildman–Crippen MR) is 111 cm³/mol. The number of ketones is 1. The Hall–Kier alpha value is -2.94. The molecule has 4 N–H and O–H groups in total. The van der Waals surface area contributed by atoms with Gasteiger partial charge in [-0.05, 0) is 46.6 Å². The van der Waals surface area contributed by atoms with E-state index < -0.39 is 36.2 Å². The third-order valence-electron chi connectivity index (χ3n) is 3.90. The number of benzene rings is 1. The van der Waals surface area contributed by atoms with Gasteiger partial charge in [-0.1, -0.05) is 30.3 Å². The summed E-state index contributed by atoms with van der Waals surface area (Å²) in [5.74, 6) is -1.77. The van der Waals surface area contributed by atoms with E-state index >= 15 is 0 Å². The van der Waals surface area contributed by atoms with E-state index in [0.29, 0.717) is 31.4 Å². The van der Waals surface area contributed by atoms with Gasteiger partial charge in [-0.15, -0.1) is 0 Å². The second kappa shape index (κ2) is 12.6. The smallest absolute Gasteiger partial charge is 0.408 e. The van der Waals surface area contributed by atoms with Crippen LogP contribution >= 0.6 is 0 Å². The van der Waals surface area contributed by atoms with E-state index in [9.17, 15) is 19.2 Å². The van der Waals surface area contributed by atoms with Crippen LogP contribution in [0.15, 0.2) is 30.3 Å². The Labute approximate surface area is 176 Å². The van der Waals surface area contributed by atoms with Crippen LogP contribution in [0.5, 0.6) is 0 Å². The Bertz CT molecular complexity index is 715. The van der Waals surface area contributed by atoms with Crippen LogP contribution in [0.25, 0.3) is 0 Å². The van der Waals surface area contributed by atoms with E-state index in [1.54, 1.807) is 45.0 Å². The quantitative estimate of drug-likeness (QED) is 0.298. The molecule has 9 nitrogen and oxygen atoms in total. The lowest BCUT2D eigenvalue weighted by Gasteiger charge is -2.23. The van der Waals surface area contributed by atoms with Crippen molar-refractivity contribution < 1.29 is 29.0 Å². The molecule has 1 aromatic rings. The first-order valence-corrected chi connectivity index (χ1v) is 9.86. The van der Waals surface area contributed by atoms with Gasteiger partial charge in [0.1, 0.15) is 18.2 Å². The van der Waals surface area contributed by atoms with E-state index in [-0.39, 0.29) is 12.3 Å². The van der Waals surface area contributed by atoms with Gasteiger partial charge in [0, 0.05) is 5.56 Å². The molecule has 0 fully saturated rings. The molecule has 1 atom stereocenters. The number of Topliss-reactive ketones (excluding diaryl/α,β-unsaturated/α-hetero) is 1. The number of hydrogen-bond acceptors (Lipinski definition) is 6. The third kappa shape index (κ3) is 11.2. The van der Waals surface area contributed by atoms with Crippen molar-refractivity contribution in [3.63, 3.8) is 0 Å². The van der Waals surface area contributed by atoms with Gasteiger partial charge in [-0.3, -0.25) is 14.4 Å². The second-order valence-corrected chi connectivity index (χ2v) is 7.77. The van der Waals surface area contributed by atoms with E-state index in [1.807, 2.05) is 6.07 Å². The summed E-state index contributed by atoms with van der Waals surface area (Å²) >= 11 is 0. The van der Waals surface area contributed by atoms with Crippen molar-refractivity contribution in [3.05, 3.63) is 35.9 Å². The van der Waals surface area contributed by atoms with Gasteiger partial charge >= 0.3 is 12.1 Å². The predicted octanol–water partition coefficient (Wildman–Crippen LogP) is 1.72. The molecule has 0 saturated heterocycles. The summed E-state index contributed by atoms with van der Waals surface area (Å²) in [4.78, 5) is 46.9. The number of ether oxygens (including phenoxy) is 1. The highest BCUT2D eigenvalue weighted by molar-refractivity contribution is 5.97. The van der Waals surface area contributed by atoms with Crippen LogP contribution in [-0.2, 0) is 14.3 Å². The molecule has 166 valence electrons. The zero-order valence-corrected chi connectivity index (χ0v) is 17.7. The lowest BCUT2D eigenvalue weighted by atomic mass is 10.1. The van der Waals surface area contributed by atoms with Crippen molar-refractivity contribution in [2.24, 2.45) is 0 Å². The topological polar surface area (TPSA) is 134 Å². The normalized spacial score (nSPS) is 12.0. The minimum Gasteiger partial charge on any atom is -0.480 e. The average molecular weight is 421 g/mol. The third-order valence-corrected chi connectivity index (χ3v) is 3.90. The summed E-state index contributed by atoms with van der Waals surface area (Å²) in [6.07, 6.45) is 0.803. The molecule has 0 radical (unpaired) electrons. The van der Waals surface area contributed by atoms with Crippen LogP contribution in [0.3, 0.4) is 0 Å². The molecular formula is C21H31N3O6. The van der Waals surface area contributed by atoms with Crippen molar-refractivity contribution in [1.82, 2.24) is 16.0 Å². The van der Waals surface area contributed by atoms with Crippen molar-refractivity contribution in [2.45, 2.75) is 51.7 Å². The fourth-order valence-electron chi connectivity index (χ4n) is 2.53. The highest BCUT2D eigenvalue weighted by Gasteiger charge is 2.24. The van der Waals surface area contributed by atoms with Gasteiger partial charge in [-0.25, -0.2) is 4.79 Å². The van der Waals surface area contributed by atoms with Crippen molar-refractivity contribution >= 4 is 23.8 Å². The highest BCUT2D eigenvalue weighted by atomic mass is 16.6. The molecule has 0 aromatic heterocycles. The van der Waals surface area contributed by atoms with Gasteiger partial charge < -0.3 is 25.8 Å². The first-order valence-electron chi connectivity index (χ1n) is 9.86. The molecule has 30 heavy (non-hydrogen) atoms. The van der Waals surface area contributed by atoms with E-state index in [1.165, 1.54) is 0 Å². The summed E-state index contributed by atoms with van der Waals surface area (Å²) in [5.41, 5.74) is -0.0804. The molecule has 0 aliphatic carbocycles. The van der Waals surface area contributed by atoms with Crippen molar-refractivity contribution in [3.8, 4) is 0 Å². The summed E-state index contributed by atoms with van der Waals surface area (Å²) in [6.45, 7) is 5.35. The zero-order chi connectivity index (χ0) is 22.6. The Balaban J connectivity index is 2.42. The lowest BCUT2D eigenvalue weighted by Crippen LogP contribution is -2.49. The largest absolute Gasteiger partial charge is 0.480 e. The van der Waals surface area contributed by atoms with Gasteiger partial charge in [0.25, 0.3) is 0 Å². The maximum Gasteiger partial charge on any atom is 0.408 e. The van der Waals surface area contributed by atoms with Crippen LogP contribution in [0.4, 0.5) is 4.79 Å². The van der Waals surface area contributed by atoms with Crippen LogP contribution < -0.4 is 16.0 Å². The SMILES string of the molecule is CC(C)(C)OC(=O)NC(CCCCNCC(=O)c1ccccc1)C(=O)NCC(=O)O. The summed E-state index contributed by atoms with van der Waals surface area (Å²) < 4.78 is 5.16.